The van der Waals surface area contributed by atoms with Crippen molar-refractivity contribution in [1.82, 2.24) is 0 Å². The molecule has 0 radical (unpaired) electrons. The van der Waals surface area contributed by atoms with E-state index >= 15 is 0 Å². The normalized spacial score (nSPS) is 37.6. The SMILES string of the molecule is CCN(c1ccccc1)[C@@H]1C=C2C[C@@H](OC(C)=O)CC[C@]2(C)[C@@H]2CC[C@@]3(C)[C@H](CC[C@H]3[C@@H](C)CCCC(C)C)[C@@H]12. The van der Waals surface area contributed by atoms with Crippen LogP contribution in [0.5, 0.6) is 0 Å². The van der Waals surface area contributed by atoms with Gasteiger partial charge in [-0.1, -0.05) is 83.7 Å². The number of carbonyl (C=O) groups excluding carboxylic acids is 1. The van der Waals surface area contributed by atoms with Gasteiger partial charge in [0.25, 0.3) is 0 Å². The maximum atomic E-state index is 11.9. The fourth-order valence-corrected chi connectivity index (χ4v) is 10.5. The highest BCUT2D eigenvalue weighted by Gasteiger charge is 2.62. The molecule has 0 amide bonds. The van der Waals surface area contributed by atoms with E-state index in [0.717, 1.165) is 49.5 Å². The number of nitrogens with zero attached hydrogens (tertiary/aromatic N) is 1. The summed E-state index contributed by atoms with van der Waals surface area (Å²) in [6, 6.07) is 11.6. The van der Waals surface area contributed by atoms with E-state index in [0.29, 0.717) is 23.3 Å². The Morgan fingerprint density at radius 2 is 1.75 bits per heavy atom. The fraction of sp³-hybridized carbons (Fsp3) is 0.757. The smallest absolute Gasteiger partial charge is 0.302 e. The van der Waals surface area contributed by atoms with Crippen LogP contribution in [0.1, 0.15) is 113 Å². The first-order valence-corrected chi connectivity index (χ1v) is 16.8. The van der Waals surface area contributed by atoms with Crippen molar-refractivity contribution >= 4 is 11.7 Å². The average Bonchev–Trinajstić information content (AvgIpc) is 3.27. The Bertz CT molecular complexity index is 1050. The van der Waals surface area contributed by atoms with Crippen molar-refractivity contribution in [3.8, 4) is 0 Å². The van der Waals surface area contributed by atoms with Gasteiger partial charge in [-0.3, -0.25) is 4.79 Å². The Labute approximate surface area is 245 Å². The Kier molecular flexibility index (Phi) is 8.80. The summed E-state index contributed by atoms with van der Waals surface area (Å²) in [5, 5.41) is 0. The first-order chi connectivity index (χ1) is 19.1. The number of ether oxygens (including phenoxy) is 1. The van der Waals surface area contributed by atoms with Crippen molar-refractivity contribution in [2.24, 2.45) is 46.3 Å². The van der Waals surface area contributed by atoms with Crippen molar-refractivity contribution in [3.05, 3.63) is 42.0 Å². The number of para-hydroxylation sites is 1. The van der Waals surface area contributed by atoms with Crippen molar-refractivity contribution in [2.75, 3.05) is 11.4 Å². The number of esters is 1. The van der Waals surface area contributed by atoms with Crippen molar-refractivity contribution in [1.29, 1.82) is 0 Å². The lowest BCUT2D eigenvalue weighted by molar-refractivity contribution is -0.148. The van der Waals surface area contributed by atoms with E-state index in [1.54, 1.807) is 12.5 Å². The highest BCUT2D eigenvalue weighted by atomic mass is 16.5. The molecule has 0 unspecified atom stereocenters. The minimum Gasteiger partial charge on any atom is -0.462 e. The lowest BCUT2D eigenvalue weighted by atomic mass is 9.45. The van der Waals surface area contributed by atoms with Gasteiger partial charge < -0.3 is 9.64 Å². The Morgan fingerprint density at radius 3 is 2.42 bits per heavy atom. The largest absolute Gasteiger partial charge is 0.462 e. The predicted octanol–water partition coefficient (Wildman–Crippen LogP) is 9.46. The van der Waals surface area contributed by atoms with Gasteiger partial charge in [0.2, 0.25) is 0 Å². The molecule has 0 heterocycles. The van der Waals surface area contributed by atoms with Crippen molar-refractivity contribution in [2.45, 2.75) is 125 Å². The molecule has 222 valence electrons. The molecule has 0 saturated heterocycles. The number of benzene rings is 1. The average molecular weight is 548 g/mol. The molecule has 3 nitrogen and oxygen atoms in total. The van der Waals surface area contributed by atoms with Crippen LogP contribution in [0.25, 0.3) is 0 Å². The minimum absolute atomic E-state index is 0.0391. The maximum Gasteiger partial charge on any atom is 0.302 e. The predicted molar refractivity (Wildman–Crippen MR) is 167 cm³/mol. The molecule has 4 aliphatic rings. The second-order valence-electron chi connectivity index (χ2n) is 15.0. The lowest BCUT2D eigenvalue weighted by Crippen LogP contribution is -2.59. The molecule has 0 aromatic heterocycles. The second-order valence-corrected chi connectivity index (χ2v) is 15.0. The molecular weight excluding hydrogens is 490 g/mol. The molecule has 9 atom stereocenters. The lowest BCUT2D eigenvalue weighted by Gasteiger charge is -2.61. The van der Waals surface area contributed by atoms with Crippen LogP contribution in [-0.4, -0.2) is 24.7 Å². The van der Waals surface area contributed by atoms with E-state index in [1.807, 2.05) is 0 Å². The van der Waals surface area contributed by atoms with E-state index in [1.165, 1.54) is 50.6 Å². The van der Waals surface area contributed by atoms with E-state index in [2.05, 4.69) is 82.9 Å². The fourth-order valence-electron chi connectivity index (χ4n) is 10.5. The zero-order valence-corrected chi connectivity index (χ0v) is 26.6. The van der Waals surface area contributed by atoms with Gasteiger partial charge in [-0.2, -0.15) is 0 Å². The number of fused-ring (bicyclic) bond motifs is 5. The maximum absolute atomic E-state index is 11.9. The summed E-state index contributed by atoms with van der Waals surface area (Å²) in [5.41, 5.74) is 3.61. The van der Waals surface area contributed by atoms with E-state index < -0.39 is 0 Å². The third-order valence-corrected chi connectivity index (χ3v) is 12.4. The quantitative estimate of drug-likeness (QED) is 0.228. The molecule has 0 spiro atoms. The van der Waals surface area contributed by atoms with Crippen molar-refractivity contribution < 1.29 is 9.53 Å². The number of rotatable bonds is 9. The Morgan fingerprint density at radius 1 is 1.00 bits per heavy atom. The number of likely N-dealkylation sites (N-methyl/N-ethyl adjacent to an activating group) is 1. The summed E-state index contributed by atoms with van der Waals surface area (Å²) in [7, 11) is 0. The Balaban J connectivity index is 1.50. The molecular formula is C37H57NO2. The summed E-state index contributed by atoms with van der Waals surface area (Å²) >= 11 is 0. The first kappa shape index (κ1) is 29.7. The molecule has 40 heavy (non-hydrogen) atoms. The van der Waals surface area contributed by atoms with Gasteiger partial charge in [-0.25, -0.2) is 0 Å². The van der Waals surface area contributed by atoms with Gasteiger partial charge in [-0.05, 0) is 104 Å². The van der Waals surface area contributed by atoms with Gasteiger partial charge >= 0.3 is 5.97 Å². The molecule has 0 bridgehead atoms. The van der Waals surface area contributed by atoms with Crippen LogP contribution in [0, 0.1) is 46.3 Å². The summed E-state index contributed by atoms with van der Waals surface area (Å²) in [6.07, 6.45) is 15.5. The zero-order valence-electron chi connectivity index (χ0n) is 26.6. The number of hydrogen-bond acceptors (Lipinski definition) is 3. The molecule has 1 aromatic carbocycles. The van der Waals surface area contributed by atoms with Crippen LogP contribution in [0.2, 0.25) is 0 Å². The molecule has 3 fully saturated rings. The Hall–Kier alpha value is -1.77. The molecule has 1 aromatic rings. The summed E-state index contributed by atoms with van der Waals surface area (Å²) in [5.74, 6) is 4.54. The van der Waals surface area contributed by atoms with Gasteiger partial charge in [0.15, 0.2) is 0 Å². The third-order valence-electron chi connectivity index (χ3n) is 12.4. The summed E-state index contributed by atoms with van der Waals surface area (Å²) in [4.78, 5) is 14.6. The highest BCUT2D eigenvalue weighted by molar-refractivity contribution is 5.66. The standard InChI is InChI=1S/C37H57NO2/c1-8-38(29-15-10-9-11-16-29)34-24-28-23-30(40-27(5)39)19-21-36(28,6)33-20-22-37(7)31(17-18-32(37)35(33)34)26(4)14-12-13-25(2)3/h9-11,15-16,24-26,30-35H,8,12-14,17-23H2,1-7H3/t26-,30-,31-,32+,33+,34+,35+,36-,37+/m0/s1. The first-order valence-electron chi connectivity index (χ1n) is 16.8. The van der Waals surface area contributed by atoms with Gasteiger partial charge in [0.05, 0.1) is 6.04 Å². The van der Waals surface area contributed by atoms with Crippen LogP contribution >= 0.6 is 0 Å². The minimum atomic E-state index is -0.133. The zero-order chi connectivity index (χ0) is 28.7. The van der Waals surface area contributed by atoms with Crippen LogP contribution < -0.4 is 4.90 Å². The van der Waals surface area contributed by atoms with Gasteiger partial charge in [0, 0.05) is 25.6 Å². The second kappa shape index (κ2) is 11.8. The van der Waals surface area contributed by atoms with Crippen molar-refractivity contribution in [3.63, 3.8) is 0 Å². The topological polar surface area (TPSA) is 29.5 Å². The molecule has 3 saturated carbocycles. The van der Waals surface area contributed by atoms with E-state index in [-0.39, 0.29) is 17.5 Å². The monoisotopic (exact) mass is 547 g/mol. The molecule has 0 N–H and O–H groups in total. The molecule has 5 rings (SSSR count). The molecule has 4 aliphatic carbocycles. The molecule has 3 heteroatoms. The van der Waals surface area contributed by atoms with E-state index in [4.69, 9.17) is 4.74 Å². The summed E-state index contributed by atoms with van der Waals surface area (Å²) < 4.78 is 5.81. The summed E-state index contributed by atoms with van der Waals surface area (Å²) in [6.45, 7) is 17.5. The van der Waals surface area contributed by atoms with Crippen LogP contribution in [0.4, 0.5) is 5.69 Å². The third kappa shape index (κ3) is 5.40. The number of carbonyl (C=O) groups is 1. The van der Waals surface area contributed by atoms with E-state index in [9.17, 15) is 4.79 Å². The van der Waals surface area contributed by atoms with Crippen LogP contribution in [0.3, 0.4) is 0 Å². The number of anilines is 1. The highest BCUT2D eigenvalue weighted by Crippen LogP contribution is 2.68. The van der Waals surface area contributed by atoms with Crippen LogP contribution in [0.15, 0.2) is 42.0 Å². The van der Waals surface area contributed by atoms with Gasteiger partial charge in [0.1, 0.15) is 6.10 Å². The van der Waals surface area contributed by atoms with Crippen LogP contribution in [-0.2, 0) is 9.53 Å². The van der Waals surface area contributed by atoms with Gasteiger partial charge in [-0.15, -0.1) is 0 Å². The molecule has 0 aliphatic heterocycles. The number of hydrogen-bond donors (Lipinski definition) is 0.